The van der Waals surface area contributed by atoms with Crippen LogP contribution in [0.3, 0.4) is 0 Å². The molecule has 30 heavy (non-hydrogen) atoms. The van der Waals surface area contributed by atoms with E-state index in [0.717, 1.165) is 29.8 Å². The van der Waals surface area contributed by atoms with Crippen molar-refractivity contribution in [3.63, 3.8) is 0 Å². The second-order valence-electron chi connectivity index (χ2n) is 8.20. The van der Waals surface area contributed by atoms with Crippen LogP contribution in [0.15, 0.2) is 29.6 Å². The number of amides is 1. The van der Waals surface area contributed by atoms with E-state index in [9.17, 15) is 18.0 Å². The Bertz CT molecular complexity index is 1090. The highest BCUT2D eigenvalue weighted by Gasteiger charge is 2.44. The molecule has 0 aromatic carbocycles. The SMILES string of the molecule is C[C@H]1C[C@@H]1C(=O)N1CCCC[C@@H]1c1cc2nc(-c3cccs3)cc(C(F)(F)F)n2n1. The topological polar surface area (TPSA) is 50.5 Å². The number of hydrogen-bond acceptors (Lipinski definition) is 4. The van der Waals surface area contributed by atoms with Crippen molar-refractivity contribution in [3.8, 4) is 10.6 Å². The van der Waals surface area contributed by atoms with Crippen molar-refractivity contribution in [2.75, 3.05) is 6.54 Å². The summed E-state index contributed by atoms with van der Waals surface area (Å²) in [5, 5.41) is 6.11. The Labute approximate surface area is 175 Å². The monoisotopic (exact) mass is 434 g/mol. The van der Waals surface area contributed by atoms with Crippen LogP contribution < -0.4 is 0 Å². The lowest BCUT2D eigenvalue weighted by Gasteiger charge is -2.35. The molecule has 0 N–H and O–H groups in total. The van der Waals surface area contributed by atoms with E-state index in [1.807, 2.05) is 4.90 Å². The average Bonchev–Trinajstić information content (AvgIpc) is 3.13. The Hall–Kier alpha value is -2.42. The molecule has 2 aliphatic rings. The molecule has 1 aliphatic carbocycles. The fourth-order valence-electron chi connectivity index (χ4n) is 4.29. The first-order valence-electron chi connectivity index (χ1n) is 10.1. The molecule has 0 radical (unpaired) electrons. The Morgan fingerprint density at radius 2 is 2.07 bits per heavy atom. The van der Waals surface area contributed by atoms with Crippen LogP contribution in [-0.2, 0) is 11.0 Å². The molecule has 158 valence electrons. The summed E-state index contributed by atoms with van der Waals surface area (Å²) in [6.07, 6.45) is -1.15. The Balaban J connectivity index is 1.59. The van der Waals surface area contributed by atoms with Crippen LogP contribution in [0.2, 0.25) is 0 Å². The average molecular weight is 434 g/mol. The van der Waals surface area contributed by atoms with Crippen molar-refractivity contribution < 1.29 is 18.0 Å². The number of halogens is 3. The molecule has 1 aliphatic heterocycles. The lowest BCUT2D eigenvalue weighted by molar-refractivity contribution is -0.143. The number of aromatic nitrogens is 3. The van der Waals surface area contributed by atoms with E-state index in [0.29, 0.717) is 29.5 Å². The number of rotatable bonds is 3. The van der Waals surface area contributed by atoms with Crippen molar-refractivity contribution in [2.24, 2.45) is 11.8 Å². The predicted molar refractivity (Wildman–Crippen MR) is 107 cm³/mol. The minimum Gasteiger partial charge on any atom is -0.334 e. The number of likely N-dealkylation sites (tertiary alicyclic amines) is 1. The summed E-state index contributed by atoms with van der Waals surface area (Å²) in [6.45, 7) is 2.68. The summed E-state index contributed by atoms with van der Waals surface area (Å²) in [6, 6.07) is 5.89. The van der Waals surface area contributed by atoms with E-state index in [1.54, 1.807) is 23.6 Å². The zero-order valence-electron chi connectivity index (χ0n) is 16.4. The van der Waals surface area contributed by atoms with Crippen molar-refractivity contribution >= 4 is 22.9 Å². The van der Waals surface area contributed by atoms with E-state index in [2.05, 4.69) is 17.0 Å². The molecule has 3 atom stereocenters. The third-order valence-electron chi connectivity index (χ3n) is 6.06. The molecule has 5 nitrogen and oxygen atoms in total. The lowest BCUT2D eigenvalue weighted by atomic mass is 9.98. The molecule has 0 unspecified atom stereocenters. The maximum absolute atomic E-state index is 13.8. The largest absolute Gasteiger partial charge is 0.433 e. The van der Waals surface area contributed by atoms with Gasteiger partial charge in [0, 0.05) is 18.5 Å². The third-order valence-corrected chi connectivity index (χ3v) is 6.96. The van der Waals surface area contributed by atoms with Gasteiger partial charge in [-0.25, -0.2) is 9.50 Å². The molecule has 1 saturated carbocycles. The number of piperidine rings is 1. The molecule has 1 saturated heterocycles. The molecule has 0 bridgehead atoms. The highest BCUT2D eigenvalue weighted by Crippen LogP contribution is 2.43. The number of alkyl halides is 3. The molecule has 1 amide bonds. The first-order chi connectivity index (χ1) is 14.3. The standard InChI is InChI=1S/C21H21F3N4OS/c1-12-9-13(12)20(29)27-7-3-2-5-16(27)14-11-19-25-15(17-6-4-8-30-17)10-18(21(22,23)24)28(19)26-14/h4,6,8,10-13,16H,2-3,5,7,9H2,1H3/t12-,13-,16+/m0/s1. The van der Waals surface area contributed by atoms with Gasteiger partial charge in [0.1, 0.15) is 0 Å². The van der Waals surface area contributed by atoms with Crippen LogP contribution in [0, 0.1) is 11.8 Å². The minimum atomic E-state index is -4.57. The predicted octanol–water partition coefficient (Wildman–Crippen LogP) is 5.19. The van der Waals surface area contributed by atoms with E-state index in [4.69, 9.17) is 0 Å². The molecule has 5 rings (SSSR count). The Morgan fingerprint density at radius 3 is 2.73 bits per heavy atom. The summed E-state index contributed by atoms with van der Waals surface area (Å²) in [5.41, 5.74) is 0.0602. The molecular formula is C21H21F3N4OS. The van der Waals surface area contributed by atoms with Crippen molar-refractivity contribution in [1.82, 2.24) is 19.5 Å². The van der Waals surface area contributed by atoms with Gasteiger partial charge < -0.3 is 4.90 Å². The molecule has 9 heteroatoms. The third kappa shape index (κ3) is 3.38. The van der Waals surface area contributed by atoms with Crippen LogP contribution in [-0.4, -0.2) is 31.9 Å². The minimum absolute atomic E-state index is 0.0388. The number of thiophene rings is 1. The van der Waals surface area contributed by atoms with Crippen LogP contribution in [0.25, 0.3) is 16.2 Å². The quantitative estimate of drug-likeness (QED) is 0.570. The van der Waals surface area contributed by atoms with E-state index in [1.165, 1.54) is 11.3 Å². The molecular weight excluding hydrogens is 413 g/mol. The fourth-order valence-corrected chi connectivity index (χ4v) is 4.98. The Morgan fingerprint density at radius 1 is 1.27 bits per heavy atom. The fraction of sp³-hybridized carbons (Fsp3) is 0.476. The van der Waals surface area contributed by atoms with Crippen LogP contribution in [0.4, 0.5) is 13.2 Å². The van der Waals surface area contributed by atoms with E-state index >= 15 is 0 Å². The van der Waals surface area contributed by atoms with Gasteiger partial charge in [-0.3, -0.25) is 4.79 Å². The maximum atomic E-state index is 13.8. The van der Waals surface area contributed by atoms with Gasteiger partial charge in [0.15, 0.2) is 11.3 Å². The van der Waals surface area contributed by atoms with E-state index < -0.39 is 11.9 Å². The lowest BCUT2D eigenvalue weighted by Crippen LogP contribution is -2.39. The summed E-state index contributed by atoms with van der Waals surface area (Å²) in [7, 11) is 0. The number of carbonyl (C=O) groups is 1. The van der Waals surface area contributed by atoms with Crippen molar-refractivity contribution in [3.05, 3.63) is 41.0 Å². The Kier molecular flexibility index (Phi) is 4.61. The number of carbonyl (C=O) groups excluding carboxylic acids is 1. The molecule has 0 spiro atoms. The number of fused-ring (bicyclic) bond motifs is 1. The first-order valence-corrected chi connectivity index (χ1v) is 11.0. The highest BCUT2D eigenvalue weighted by atomic mass is 32.1. The van der Waals surface area contributed by atoms with Crippen LogP contribution in [0.5, 0.6) is 0 Å². The van der Waals surface area contributed by atoms with Gasteiger partial charge in [0.25, 0.3) is 0 Å². The summed E-state index contributed by atoms with van der Waals surface area (Å²) in [5.74, 6) is 0.525. The molecule has 4 heterocycles. The molecule has 3 aromatic heterocycles. The zero-order chi connectivity index (χ0) is 21.0. The van der Waals surface area contributed by atoms with Gasteiger partial charge in [0.05, 0.1) is 22.3 Å². The highest BCUT2D eigenvalue weighted by molar-refractivity contribution is 7.13. The second-order valence-corrected chi connectivity index (χ2v) is 9.15. The normalized spacial score (nSPS) is 24.4. The van der Waals surface area contributed by atoms with Gasteiger partial charge in [-0.15, -0.1) is 11.3 Å². The molecule has 2 fully saturated rings. The van der Waals surface area contributed by atoms with Gasteiger partial charge >= 0.3 is 6.18 Å². The van der Waals surface area contributed by atoms with Gasteiger partial charge in [-0.1, -0.05) is 13.0 Å². The van der Waals surface area contributed by atoms with E-state index in [-0.39, 0.29) is 29.2 Å². The smallest absolute Gasteiger partial charge is 0.334 e. The summed E-state index contributed by atoms with van der Waals surface area (Å²) < 4.78 is 42.3. The van der Waals surface area contributed by atoms with Crippen LogP contribution in [0.1, 0.15) is 50.0 Å². The van der Waals surface area contributed by atoms with Gasteiger partial charge in [0.2, 0.25) is 5.91 Å². The zero-order valence-corrected chi connectivity index (χ0v) is 17.2. The summed E-state index contributed by atoms with van der Waals surface area (Å²) in [4.78, 5) is 19.8. The number of hydrogen-bond donors (Lipinski definition) is 0. The maximum Gasteiger partial charge on any atom is 0.433 e. The molecule has 3 aromatic rings. The van der Waals surface area contributed by atoms with Crippen LogP contribution >= 0.6 is 11.3 Å². The van der Waals surface area contributed by atoms with Gasteiger partial charge in [-0.05, 0) is 49.1 Å². The second kappa shape index (κ2) is 7.08. The van der Waals surface area contributed by atoms with Crippen molar-refractivity contribution in [2.45, 2.75) is 44.8 Å². The number of nitrogens with zero attached hydrogens (tertiary/aromatic N) is 4. The van der Waals surface area contributed by atoms with Crippen molar-refractivity contribution in [1.29, 1.82) is 0 Å². The first kappa shape index (κ1) is 19.5. The van der Waals surface area contributed by atoms with Gasteiger partial charge in [-0.2, -0.15) is 18.3 Å². The summed E-state index contributed by atoms with van der Waals surface area (Å²) >= 11 is 1.34.